The van der Waals surface area contributed by atoms with Crippen LogP contribution in [0.25, 0.3) is 6.08 Å². The van der Waals surface area contributed by atoms with E-state index < -0.39 is 11.8 Å². The first-order valence-electron chi connectivity index (χ1n) is 12.3. The monoisotopic (exact) mass is 536 g/mol. The lowest BCUT2D eigenvalue weighted by molar-refractivity contribution is -0.114. The molecule has 0 saturated carbocycles. The molecule has 0 fully saturated rings. The average Bonchev–Trinajstić information content (AvgIpc) is 2.95. The third-order valence-electron chi connectivity index (χ3n) is 5.86. The van der Waals surface area contributed by atoms with Crippen molar-refractivity contribution < 1.29 is 14.4 Å². The Morgan fingerprint density at radius 3 is 2.44 bits per heavy atom. The topological polar surface area (TPSA) is 100 Å². The van der Waals surface area contributed by atoms with E-state index in [-0.39, 0.29) is 17.4 Å². The molecule has 1 aromatic heterocycles. The molecule has 0 bridgehead atoms. The highest BCUT2D eigenvalue weighted by Gasteiger charge is 2.15. The number of benzene rings is 3. The zero-order valence-corrected chi connectivity index (χ0v) is 22.4. The van der Waals surface area contributed by atoms with Gasteiger partial charge in [-0.25, -0.2) is 0 Å². The van der Waals surface area contributed by atoms with Crippen LogP contribution in [0.5, 0.6) is 0 Å². The van der Waals surface area contributed by atoms with Crippen molar-refractivity contribution in [2.24, 2.45) is 0 Å². The van der Waals surface area contributed by atoms with Crippen molar-refractivity contribution in [3.63, 3.8) is 0 Å². The zero-order chi connectivity index (χ0) is 27.6. The minimum atomic E-state index is -0.488. The number of pyridine rings is 1. The van der Waals surface area contributed by atoms with E-state index in [2.05, 4.69) is 20.9 Å². The van der Waals surface area contributed by atoms with Gasteiger partial charge in [-0.15, -0.1) is 11.8 Å². The molecule has 4 aromatic rings. The van der Waals surface area contributed by atoms with E-state index >= 15 is 0 Å². The summed E-state index contributed by atoms with van der Waals surface area (Å²) in [6, 6.07) is 25.2. The molecule has 8 heteroatoms. The Labute approximate surface area is 231 Å². The number of aromatic nitrogens is 1. The Hall–Kier alpha value is -4.69. The second-order valence-electron chi connectivity index (χ2n) is 8.73. The zero-order valence-electron chi connectivity index (χ0n) is 21.6. The highest BCUT2D eigenvalue weighted by Crippen LogP contribution is 2.23. The lowest BCUT2D eigenvalue weighted by atomic mass is 10.1. The number of aryl methyl sites for hydroxylation is 1. The maximum Gasteiger partial charge on any atom is 0.272 e. The van der Waals surface area contributed by atoms with Crippen molar-refractivity contribution in [3.05, 3.63) is 125 Å². The molecular formula is C31H28N4O3S. The van der Waals surface area contributed by atoms with Crippen LogP contribution in [0.3, 0.4) is 0 Å². The van der Waals surface area contributed by atoms with Crippen LogP contribution in [0.1, 0.15) is 27.0 Å². The number of nitrogens with one attached hydrogen (secondary N) is 3. The Kier molecular flexibility index (Phi) is 9.26. The SMILES string of the molecule is Cc1cccc(NC(=O)CSc2cccc(NC(=O)/C(=C/c3cccnc3)NC(=O)c3ccccc3)c2)c1C. The van der Waals surface area contributed by atoms with Crippen molar-refractivity contribution in [2.45, 2.75) is 18.7 Å². The summed E-state index contributed by atoms with van der Waals surface area (Å²) in [7, 11) is 0. The van der Waals surface area contributed by atoms with E-state index in [1.54, 1.807) is 73.1 Å². The first-order chi connectivity index (χ1) is 18.9. The number of carbonyl (C=O) groups is 3. The van der Waals surface area contributed by atoms with Gasteiger partial charge in [-0.05, 0) is 79.1 Å². The summed E-state index contributed by atoms with van der Waals surface area (Å²) in [5.41, 5.74) is 4.65. The smallest absolute Gasteiger partial charge is 0.272 e. The van der Waals surface area contributed by atoms with Crippen molar-refractivity contribution in [1.29, 1.82) is 0 Å². The van der Waals surface area contributed by atoms with Gasteiger partial charge in [-0.2, -0.15) is 0 Å². The van der Waals surface area contributed by atoms with E-state index in [9.17, 15) is 14.4 Å². The van der Waals surface area contributed by atoms with Gasteiger partial charge in [0.1, 0.15) is 5.70 Å². The largest absolute Gasteiger partial charge is 0.325 e. The molecule has 196 valence electrons. The van der Waals surface area contributed by atoms with E-state index in [0.717, 1.165) is 21.7 Å². The quantitative estimate of drug-likeness (QED) is 0.184. The molecule has 0 spiro atoms. The number of rotatable bonds is 9. The Bertz CT molecular complexity index is 1510. The summed E-state index contributed by atoms with van der Waals surface area (Å²) in [6.07, 6.45) is 4.80. The number of amides is 3. The van der Waals surface area contributed by atoms with Gasteiger partial charge < -0.3 is 16.0 Å². The fourth-order valence-electron chi connectivity index (χ4n) is 3.65. The fraction of sp³-hybridized carbons (Fsp3) is 0.0968. The molecule has 4 rings (SSSR count). The number of hydrogen-bond acceptors (Lipinski definition) is 5. The molecule has 0 aliphatic heterocycles. The first-order valence-corrected chi connectivity index (χ1v) is 13.3. The van der Waals surface area contributed by atoms with Crippen LogP contribution >= 0.6 is 11.8 Å². The van der Waals surface area contributed by atoms with Gasteiger partial charge in [0.05, 0.1) is 5.75 Å². The van der Waals surface area contributed by atoms with Crippen LogP contribution in [0.4, 0.5) is 11.4 Å². The van der Waals surface area contributed by atoms with Gasteiger partial charge in [0.15, 0.2) is 0 Å². The molecule has 0 aliphatic carbocycles. The third kappa shape index (κ3) is 7.90. The van der Waals surface area contributed by atoms with Crippen LogP contribution in [-0.2, 0) is 9.59 Å². The molecule has 0 radical (unpaired) electrons. The number of nitrogens with zero attached hydrogens (tertiary/aromatic N) is 1. The van der Waals surface area contributed by atoms with Crippen LogP contribution in [0, 0.1) is 13.8 Å². The van der Waals surface area contributed by atoms with Gasteiger partial charge in [0.2, 0.25) is 5.91 Å². The normalized spacial score (nSPS) is 11.0. The Morgan fingerprint density at radius 1 is 0.872 bits per heavy atom. The van der Waals surface area contributed by atoms with Crippen molar-refractivity contribution in [1.82, 2.24) is 10.3 Å². The van der Waals surface area contributed by atoms with E-state index in [1.807, 2.05) is 44.2 Å². The molecule has 0 unspecified atom stereocenters. The molecule has 0 aliphatic rings. The molecule has 39 heavy (non-hydrogen) atoms. The van der Waals surface area contributed by atoms with E-state index in [0.29, 0.717) is 16.8 Å². The third-order valence-corrected chi connectivity index (χ3v) is 6.86. The second kappa shape index (κ2) is 13.2. The molecule has 3 N–H and O–H groups in total. The summed E-state index contributed by atoms with van der Waals surface area (Å²) in [5.74, 6) is -0.796. The summed E-state index contributed by atoms with van der Waals surface area (Å²) in [5, 5.41) is 8.51. The molecule has 3 aromatic carbocycles. The van der Waals surface area contributed by atoms with Crippen LogP contribution in [0.2, 0.25) is 0 Å². The van der Waals surface area contributed by atoms with Crippen molar-refractivity contribution in [3.8, 4) is 0 Å². The maximum atomic E-state index is 13.2. The predicted molar refractivity (Wildman–Crippen MR) is 156 cm³/mol. The standard InChI is InChI=1S/C31H28N4O3S/c1-21-9-6-15-27(22(21)2)34-29(36)20-39-26-14-7-13-25(18-26)33-31(38)28(17-23-10-8-16-32-19-23)35-30(37)24-11-4-3-5-12-24/h3-19H,20H2,1-2H3,(H,33,38)(H,34,36)(H,35,37)/b28-17-. The Morgan fingerprint density at radius 2 is 1.67 bits per heavy atom. The minimum absolute atomic E-state index is 0.0720. The van der Waals surface area contributed by atoms with Gasteiger partial charge in [0.25, 0.3) is 11.8 Å². The van der Waals surface area contributed by atoms with Crippen molar-refractivity contribution >= 4 is 46.9 Å². The number of thioether (sulfide) groups is 1. The fourth-order valence-corrected chi connectivity index (χ4v) is 4.41. The lowest BCUT2D eigenvalue weighted by Gasteiger charge is -2.12. The first kappa shape index (κ1) is 27.3. The second-order valence-corrected chi connectivity index (χ2v) is 9.78. The molecule has 3 amide bonds. The molecule has 1 heterocycles. The van der Waals surface area contributed by atoms with Crippen molar-refractivity contribution in [2.75, 3.05) is 16.4 Å². The minimum Gasteiger partial charge on any atom is -0.325 e. The molecule has 0 saturated heterocycles. The predicted octanol–water partition coefficient (Wildman–Crippen LogP) is 5.84. The van der Waals surface area contributed by atoms with E-state index in [1.165, 1.54) is 11.8 Å². The molecular weight excluding hydrogens is 508 g/mol. The van der Waals surface area contributed by atoms with Gasteiger partial charge in [-0.3, -0.25) is 19.4 Å². The summed E-state index contributed by atoms with van der Waals surface area (Å²) < 4.78 is 0. The molecule has 7 nitrogen and oxygen atoms in total. The summed E-state index contributed by atoms with van der Waals surface area (Å²) in [4.78, 5) is 43.5. The van der Waals surface area contributed by atoms with Gasteiger partial charge >= 0.3 is 0 Å². The summed E-state index contributed by atoms with van der Waals surface area (Å²) >= 11 is 1.36. The lowest BCUT2D eigenvalue weighted by Crippen LogP contribution is -2.30. The Balaban J connectivity index is 1.43. The maximum absolute atomic E-state index is 13.2. The highest BCUT2D eigenvalue weighted by atomic mass is 32.2. The summed E-state index contributed by atoms with van der Waals surface area (Å²) in [6.45, 7) is 3.98. The van der Waals surface area contributed by atoms with Crippen LogP contribution in [-0.4, -0.2) is 28.5 Å². The van der Waals surface area contributed by atoms with Gasteiger partial charge in [0, 0.05) is 34.2 Å². The van der Waals surface area contributed by atoms with Gasteiger partial charge in [-0.1, -0.05) is 42.5 Å². The number of hydrogen-bond donors (Lipinski definition) is 3. The van der Waals surface area contributed by atoms with Crippen LogP contribution < -0.4 is 16.0 Å². The van der Waals surface area contributed by atoms with Crippen LogP contribution in [0.15, 0.2) is 108 Å². The van der Waals surface area contributed by atoms with E-state index in [4.69, 9.17) is 0 Å². The number of carbonyl (C=O) groups excluding carboxylic acids is 3. The number of anilines is 2. The average molecular weight is 537 g/mol. The molecule has 0 atom stereocenters. The highest BCUT2D eigenvalue weighted by molar-refractivity contribution is 8.00.